The highest BCUT2D eigenvalue weighted by Crippen LogP contribution is 2.21. The lowest BCUT2D eigenvalue weighted by atomic mass is 10.1. The smallest absolute Gasteiger partial charge is 0.184 e. The predicted molar refractivity (Wildman–Crippen MR) is 35.0 cm³/mol. The molecule has 0 aromatic carbocycles. The highest BCUT2D eigenvalue weighted by atomic mass is 16.6. The number of rotatable bonds is 2. The normalized spacial score (nSPS) is 44.3. The van der Waals surface area contributed by atoms with Gasteiger partial charge in [0.15, 0.2) is 12.6 Å². The Morgan fingerprint density at radius 1 is 1.25 bits per heavy atom. The number of carbonyl (C=O) groups excluding carboxylic acids is 1. The standard InChI is InChI=1S/C6H10O6/c7-1-2(8)5-3(9)4(10)6(11)12-5/h1-6,8-11H. The molecule has 0 bridgehead atoms. The summed E-state index contributed by atoms with van der Waals surface area (Å²) in [6.07, 6.45) is -7.11. The van der Waals surface area contributed by atoms with E-state index in [1.807, 2.05) is 0 Å². The van der Waals surface area contributed by atoms with Gasteiger partial charge in [-0.05, 0) is 0 Å². The third kappa shape index (κ3) is 1.47. The molecule has 0 saturated carbocycles. The van der Waals surface area contributed by atoms with E-state index >= 15 is 0 Å². The van der Waals surface area contributed by atoms with Gasteiger partial charge in [0.05, 0.1) is 0 Å². The first-order valence-corrected chi connectivity index (χ1v) is 3.41. The molecule has 1 fully saturated rings. The van der Waals surface area contributed by atoms with Crippen molar-refractivity contribution in [3.8, 4) is 0 Å². The summed E-state index contributed by atoms with van der Waals surface area (Å²) in [5.41, 5.74) is 0. The molecule has 0 radical (unpaired) electrons. The zero-order valence-corrected chi connectivity index (χ0v) is 6.07. The number of aliphatic hydroxyl groups excluding tert-OH is 4. The van der Waals surface area contributed by atoms with E-state index in [4.69, 9.17) is 20.4 Å². The number of hydrogen-bond donors (Lipinski definition) is 4. The molecule has 0 amide bonds. The maximum Gasteiger partial charge on any atom is 0.184 e. The predicted octanol–water partition coefficient (Wildman–Crippen LogP) is -3.01. The molecule has 12 heavy (non-hydrogen) atoms. The van der Waals surface area contributed by atoms with E-state index < -0.39 is 30.7 Å². The summed E-state index contributed by atoms with van der Waals surface area (Å²) in [7, 11) is 0. The van der Waals surface area contributed by atoms with Gasteiger partial charge in [0.1, 0.15) is 24.4 Å². The van der Waals surface area contributed by atoms with Crippen molar-refractivity contribution in [2.45, 2.75) is 30.7 Å². The van der Waals surface area contributed by atoms with Gasteiger partial charge in [0.25, 0.3) is 0 Å². The molecule has 1 aliphatic rings. The summed E-state index contributed by atoms with van der Waals surface area (Å²) in [6.45, 7) is 0. The first kappa shape index (κ1) is 9.56. The van der Waals surface area contributed by atoms with Crippen LogP contribution in [0.3, 0.4) is 0 Å². The SMILES string of the molecule is O=CC(O)C1OC(O)C(O)C1O. The minimum absolute atomic E-state index is 0.165. The molecular formula is C6H10O6. The second-order valence-electron chi connectivity index (χ2n) is 2.60. The molecule has 1 heterocycles. The molecule has 6 heteroatoms. The maximum atomic E-state index is 10.0. The molecule has 6 nitrogen and oxygen atoms in total. The summed E-state index contributed by atoms with van der Waals surface area (Å²) >= 11 is 0. The van der Waals surface area contributed by atoms with Gasteiger partial charge >= 0.3 is 0 Å². The fraction of sp³-hybridized carbons (Fsp3) is 0.833. The Hall–Kier alpha value is -0.530. The van der Waals surface area contributed by atoms with Gasteiger partial charge in [-0.2, -0.15) is 0 Å². The summed E-state index contributed by atoms with van der Waals surface area (Å²) in [4.78, 5) is 10.0. The van der Waals surface area contributed by atoms with E-state index in [0.717, 1.165) is 0 Å². The van der Waals surface area contributed by atoms with Crippen LogP contribution >= 0.6 is 0 Å². The molecule has 1 aliphatic heterocycles. The van der Waals surface area contributed by atoms with Crippen molar-refractivity contribution in [2.24, 2.45) is 0 Å². The highest BCUT2D eigenvalue weighted by molar-refractivity contribution is 5.57. The number of carbonyl (C=O) groups is 1. The van der Waals surface area contributed by atoms with E-state index in [9.17, 15) is 4.79 Å². The molecule has 1 saturated heterocycles. The first-order chi connectivity index (χ1) is 5.57. The number of aliphatic hydroxyl groups is 4. The average molecular weight is 178 g/mol. The number of ether oxygens (including phenoxy) is 1. The second kappa shape index (κ2) is 3.46. The molecule has 0 spiro atoms. The highest BCUT2D eigenvalue weighted by Gasteiger charge is 2.45. The zero-order chi connectivity index (χ0) is 9.30. The Morgan fingerprint density at radius 3 is 2.17 bits per heavy atom. The monoisotopic (exact) mass is 178 g/mol. The van der Waals surface area contributed by atoms with Crippen LogP contribution in [0.2, 0.25) is 0 Å². The van der Waals surface area contributed by atoms with E-state index in [1.165, 1.54) is 0 Å². The van der Waals surface area contributed by atoms with E-state index in [0.29, 0.717) is 0 Å². The van der Waals surface area contributed by atoms with Crippen LogP contribution in [0.15, 0.2) is 0 Å². The second-order valence-corrected chi connectivity index (χ2v) is 2.60. The van der Waals surface area contributed by atoms with Crippen molar-refractivity contribution < 1.29 is 30.0 Å². The molecule has 70 valence electrons. The van der Waals surface area contributed by atoms with Crippen LogP contribution < -0.4 is 0 Å². The fourth-order valence-electron chi connectivity index (χ4n) is 1.04. The van der Waals surface area contributed by atoms with Crippen LogP contribution in [0.25, 0.3) is 0 Å². The van der Waals surface area contributed by atoms with Crippen molar-refractivity contribution in [3.63, 3.8) is 0 Å². The molecule has 0 aromatic rings. The molecule has 0 aliphatic carbocycles. The molecule has 1 rings (SSSR count). The molecule has 4 N–H and O–H groups in total. The van der Waals surface area contributed by atoms with Crippen LogP contribution in [0, 0.1) is 0 Å². The lowest BCUT2D eigenvalue weighted by Gasteiger charge is -2.15. The summed E-state index contributed by atoms with van der Waals surface area (Å²) in [6, 6.07) is 0. The van der Waals surface area contributed by atoms with Gasteiger partial charge in [0.2, 0.25) is 0 Å². The van der Waals surface area contributed by atoms with Gasteiger partial charge in [-0.1, -0.05) is 0 Å². The van der Waals surface area contributed by atoms with Crippen molar-refractivity contribution in [3.05, 3.63) is 0 Å². The third-order valence-electron chi connectivity index (χ3n) is 1.75. The minimum atomic E-state index is -1.56. The Bertz CT molecular complexity index is 171. The van der Waals surface area contributed by atoms with Crippen LogP contribution in [0.5, 0.6) is 0 Å². The van der Waals surface area contributed by atoms with Crippen LogP contribution in [0.1, 0.15) is 0 Å². The molecular weight excluding hydrogens is 168 g/mol. The van der Waals surface area contributed by atoms with Crippen molar-refractivity contribution in [2.75, 3.05) is 0 Å². The van der Waals surface area contributed by atoms with Gasteiger partial charge in [0, 0.05) is 0 Å². The zero-order valence-electron chi connectivity index (χ0n) is 6.07. The average Bonchev–Trinajstić information content (AvgIpc) is 2.32. The van der Waals surface area contributed by atoms with Crippen molar-refractivity contribution in [1.82, 2.24) is 0 Å². The van der Waals surface area contributed by atoms with E-state index in [1.54, 1.807) is 0 Å². The fourth-order valence-corrected chi connectivity index (χ4v) is 1.04. The van der Waals surface area contributed by atoms with Gasteiger partial charge in [-0.3, -0.25) is 0 Å². The van der Waals surface area contributed by atoms with Crippen molar-refractivity contribution >= 4 is 6.29 Å². The van der Waals surface area contributed by atoms with E-state index in [2.05, 4.69) is 4.74 Å². The maximum absolute atomic E-state index is 10.0. The summed E-state index contributed by atoms with van der Waals surface area (Å²) < 4.78 is 4.51. The third-order valence-corrected chi connectivity index (χ3v) is 1.75. The molecule has 5 atom stereocenters. The minimum Gasteiger partial charge on any atom is -0.387 e. The van der Waals surface area contributed by atoms with Crippen molar-refractivity contribution in [1.29, 1.82) is 0 Å². The largest absolute Gasteiger partial charge is 0.387 e. The Balaban J connectivity index is 2.63. The first-order valence-electron chi connectivity index (χ1n) is 3.41. The van der Waals surface area contributed by atoms with Gasteiger partial charge in [-0.15, -0.1) is 0 Å². The van der Waals surface area contributed by atoms with Crippen LogP contribution in [0.4, 0.5) is 0 Å². The van der Waals surface area contributed by atoms with E-state index in [-0.39, 0.29) is 6.29 Å². The lowest BCUT2D eigenvalue weighted by Crippen LogP contribution is -2.39. The quantitative estimate of drug-likeness (QED) is 0.335. The Kier molecular flexibility index (Phi) is 2.76. The van der Waals surface area contributed by atoms with Crippen LogP contribution in [-0.2, 0) is 9.53 Å². The van der Waals surface area contributed by atoms with Gasteiger partial charge < -0.3 is 30.0 Å². The molecule has 0 aromatic heterocycles. The Labute approximate surface area is 68.0 Å². The number of aldehydes is 1. The topological polar surface area (TPSA) is 107 Å². The summed E-state index contributed by atoms with van der Waals surface area (Å²) in [5.74, 6) is 0. The van der Waals surface area contributed by atoms with Gasteiger partial charge in [-0.25, -0.2) is 0 Å². The lowest BCUT2D eigenvalue weighted by molar-refractivity contribution is -0.150. The Morgan fingerprint density at radius 2 is 1.83 bits per heavy atom. The number of hydrogen-bond acceptors (Lipinski definition) is 6. The van der Waals surface area contributed by atoms with Crippen LogP contribution in [-0.4, -0.2) is 57.4 Å². The molecule has 5 unspecified atom stereocenters. The summed E-state index contributed by atoms with van der Waals surface area (Å²) in [5, 5.41) is 35.7.